The van der Waals surface area contributed by atoms with E-state index in [4.69, 9.17) is 5.11 Å². The van der Waals surface area contributed by atoms with Crippen molar-refractivity contribution in [3.63, 3.8) is 0 Å². The molecule has 0 spiro atoms. The Morgan fingerprint density at radius 3 is 2.74 bits per heavy atom. The first kappa shape index (κ1) is 13.1. The fraction of sp³-hybridized carbons (Fsp3) is 0.455. The highest BCUT2D eigenvalue weighted by molar-refractivity contribution is 6.03. The molecule has 3 N–H and O–H groups in total. The maximum atomic E-state index is 11.9. The first-order valence-electron chi connectivity index (χ1n) is 5.77. The fourth-order valence-corrected chi connectivity index (χ4v) is 2.07. The highest BCUT2D eigenvalue weighted by Gasteiger charge is 2.29. The molecule has 1 aliphatic heterocycles. The molecule has 1 atom stereocenters. The molecule has 1 aromatic rings. The number of carbonyl (C=O) groups excluding carboxylic acids is 2. The zero-order chi connectivity index (χ0) is 14.2. The predicted octanol–water partition coefficient (Wildman–Crippen LogP) is -0.356. The quantitative estimate of drug-likeness (QED) is 0.691. The van der Waals surface area contributed by atoms with Gasteiger partial charge in [-0.1, -0.05) is 0 Å². The molecule has 2 heterocycles. The Morgan fingerprint density at radius 1 is 1.53 bits per heavy atom. The summed E-state index contributed by atoms with van der Waals surface area (Å²) in [4.78, 5) is 34.1. The molecule has 1 aliphatic rings. The number of anilines is 1. The van der Waals surface area contributed by atoms with Crippen LogP contribution in [0.3, 0.4) is 0 Å². The van der Waals surface area contributed by atoms with E-state index >= 15 is 0 Å². The maximum absolute atomic E-state index is 11.9. The number of aromatic carboxylic acids is 1. The van der Waals surface area contributed by atoms with Crippen LogP contribution in [0, 0.1) is 6.92 Å². The largest absolute Gasteiger partial charge is 0.477 e. The molecule has 0 aliphatic carbocycles. The summed E-state index contributed by atoms with van der Waals surface area (Å²) >= 11 is 0. The molecule has 8 heteroatoms. The van der Waals surface area contributed by atoms with E-state index in [2.05, 4.69) is 15.7 Å². The number of hydrogen-bond donors (Lipinski definition) is 3. The molecular weight excluding hydrogens is 252 g/mol. The highest BCUT2D eigenvalue weighted by atomic mass is 16.4. The average Bonchev–Trinajstić information content (AvgIpc) is 2.84. The van der Waals surface area contributed by atoms with E-state index < -0.39 is 17.9 Å². The summed E-state index contributed by atoms with van der Waals surface area (Å²) in [7, 11) is 1.54. The highest BCUT2D eigenvalue weighted by Crippen LogP contribution is 2.19. The molecule has 19 heavy (non-hydrogen) atoms. The Hall–Kier alpha value is -2.38. The van der Waals surface area contributed by atoms with Crippen molar-refractivity contribution < 1.29 is 19.5 Å². The van der Waals surface area contributed by atoms with Gasteiger partial charge in [0.1, 0.15) is 17.4 Å². The summed E-state index contributed by atoms with van der Waals surface area (Å²) < 4.78 is 1.30. The summed E-state index contributed by atoms with van der Waals surface area (Å²) in [6.07, 6.45) is 0.707. The Bertz CT molecular complexity index is 563. The molecule has 1 fully saturated rings. The Labute approximate surface area is 108 Å². The Balaban J connectivity index is 2.21. The molecule has 1 aromatic heterocycles. The van der Waals surface area contributed by atoms with Crippen molar-refractivity contribution in [3.05, 3.63) is 11.3 Å². The molecular formula is C11H14N4O4. The number of nitrogens with zero attached hydrogens (tertiary/aromatic N) is 2. The van der Waals surface area contributed by atoms with Crippen LogP contribution in [0.15, 0.2) is 0 Å². The summed E-state index contributed by atoms with van der Waals surface area (Å²) in [5, 5.41) is 18.1. The summed E-state index contributed by atoms with van der Waals surface area (Å²) in [6, 6.07) is -0.621. The zero-order valence-electron chi connectivity index (χ0n) is 10.6. The summed E-state index contributed by atoms with van der Waals surface area (Å²) in [6.45, 7) is 1.55. The topological polar surface area (TPSA) is 113 Å². The second-order valence-corrected chi connectivity index (χ2v) is 4.39. The Morgan fingerprint density at radius 2 is 2.21 bits per heavy atom. The van der Waals surface area contributed by atoms with Crippen LogP contribution in [0.2, 0.25) is 0 Å². The number of nitrogens with one attached hydrogen (secondary N) is 2. The summed E-state index contributed by atoms with van der Waals surface area (Å²) in [5.41, 5.74) is 0.279. The van der Waals surface area contributed by atoms with Gasteiger partial charge >= 0.3 is 5.97 Å². The minimum Gasteiger partial charge on any atom is -0.477 e. The molecule has 1 saturated heterocycles. The number of hydrogen-bond acceptors (Lipinski definition) is 4. The van der Waals surface area contributed by atoms with E-state index in [1.54, 1.807) is 14.0 Å². The van der Waals surface area contributed by atoms with Gasteiger partial charge in [0.05, 0.1) is 5.69 Å². The molecule has 8 nitrogen and oxygen atoms in total. The lowest BCUT2D eigenvalue weighted by atomic mass is 10.2. The van der Waals surface area contributed by atoms with Gasteiger partial charge in [-0.3, -0.25) is 14.3 Å². The van der Waals surface area contributed by atoms with Crippen LogP contribution in [0.1, 0.15) is 28.9 Å². The standard InChI is InChI=1S/C11H14N4O4/c1-5-8(11(18)19)9(15(2)14-5)13-10(17)6-3-4-7(16)12-6/h6H,3-4H2,1-2H3,(H,12,16)(H,13,17)(H,18,19). The fourth-order valence-electron chi connectivity index (χ4n) is 2.07. The lowest BCUT2D eigenvalue weighted by molar-refractivity contribution is -0.122. The van der Waals surface area contributed by atoms with Crippen molar-refractivity contribution in [2.45, 2.75) is 25.8 Å². The van der Waals surface area contributed by atoms with E-state index in [0.29, 0.717) is 18.5 Å². The van der Waals surface area contributed by atoms with Crippen LogP contribution in [0.25, 0.3) is 0 Å². The van der Waals surface area contributed by atoms with Crippen LogP contribution in [-0.4, -0.2) is 38.7 Å². The minimum atomic E-state index is -1.16. The molecule has 2 rings (SSSR count). The van der Waals surface area contributed by atoms with Crippen molar-refractivity contribution >= 4 is 23.6 Å². The number of rotatable bonds is 3. The van der Waals surface area contributed by atoms with Crippen LogP contribution < -0.4 is 10.6 Å². The van der Waals surface area contributed by atoms with Crippen LogP contribution in [0.5, 0.6) is 0 Å². The minimum absolute atomic E-state index is 0.0415. The molecule has 0 radical (unpaired) electrons. The van der Waals surface area contributed by atoms with Crippen molar-refractivity contribution in [1.29, 1.82) is 0 Å². The number of carboxylic acids is 1. The molecule has 0 aromatic carbocycles. The van der Waals surface area contributed by atoms with Gasteiger partial charge in [-0.25, -0.2) is 4.79 Å². The molecule has 0 saturated carbocycles. The number of amides is 2. The number of carbonyl (C=O) groups is 3. The molecule has 2 amide bonds. The zero-order valence-corrected chi connectivity index (χ0v) is 10.6. The van der Waals surface area contributed by atoms with Crippen molar-refractivity contribution in [2.75, 3.05) is 5.32 Å². The maximum Gasteiger partial charge on any atom is 0.341 e. The number of carboxylic acid groups (broad SMARTS) is 1. The van der Waals surface area contributed by atoms with Gasteiger partial charge in [0.15, 0.2) is 0 Å². The van der Waals surface area contributed by atoms with Gasteiger partial charge in [-0.05, 0) is 13.3 Å². The SMILES string of the molecule is Cc1nn(C)c(NC(=O)C2CCC(=O)N2)c1C(=O)O. The third-order valence-electron chi connectivity index (χ3n) is 2.99. The number of aryl methyl sites for hydroxylation is 2. The number of aromatic nitrogens is 2. The second-order valence-electron chi connectivity index (χ2n) is 4.39. The molecule has 1 unspecified atom stereocenters. The first-order chi connectivity index (χ1) is 8.90. The van der Waals surface area contributed by atoms with Crippen LogP contribution >= 0.6 is 0 Å². The van der Waals surface area contributed by atoms with Gasteiger partial charge in [-0.15, -0.1) is 0 Å². The summed E-state index contributed by atoms with van der Waals surface area (Å²) in [5.74, 6) is -1.65. The van der Waals surface area contributed by atoms with Crippen LogP contribution in [0.4, 0.5) is 5.82 Å². The van der Waals surface area contributed by atoms with Gasteiger partial charge < -0.3 is 15.7 Å². The normalized spacial score (nSPS) is 18.2. The van der Waals surface area contributed by atoms with Crippen LogP contribution in [-0.2, 0) is 16.6 Å². The van der Waals surface area contributed by atoms with Gasteiger partial charge in [-0.2, -0.15) is 5.10 Å². The third-order valence-corrected chi connectivity index (χ3v) is 2.99. The first-order valence-corrected chi connectivity index (χ1v) is 5.77. The monoisotopic (exact) mass is 266 g/mol. The Kier molecular flexibility index (Phi) is 3.24. The van der Waals surface area contributed by atoms with E-state index in [-0.39, 0.29) is 17.3 Å². The van der Waals surface area contributed by atoms with Gasteiger partial charge in [0.2, 0.25) is 11.8 Å². The third kappa shape index (κ3) is 2.42. The van der Waals surface area contributed by atoms with E-state index in [9.17, 15) is 14.4 Å². The smallest absolute Gasteiger partial charge is 0.341 e. The molecule has 0 bridgehead atoms. The lowest BCUT2D eigenvalue weighted by Crippen LogP contribution is -2.38. The van der Waals surface area contributed by atoms with Gasteiger partial charge in [0, 0.05) is 13.5 Å². The van der Waals surface area contributed by atoms with Crippen molar-refractivity contribution in [1.82, 2.24) is 15.1 Å². The van der Waals surface area contributed by atoms with Gasteiger partial charge in [0.25, 0.3) is 0 Å². The molecule has 102 valence electrons. The lowest BCUT2D eigenvalue weighted by Gasteiger charge is -2.11. The van der Waals surface area contributed by atoms with E-state index in [0.717, 1.165) is 0 Å². The average molecular weight is 266 g/mol. The van der Waals surface area contributed by atoms with E-state index in [1.165, 1.54) is 4.68 Å². The van der Waals surface area contributed by atoms with Crippen molar-refractivity contribution in [3.8, 4) is 0 Å². The second kappa shape index (κ2) is 4.71. The van der Waals surface area contributed by atoms with Crippen molar-refractivity contribution in [2.24, 2.45) is 7.05 Å². The van der Waals surface area contributed by atoms with E-state index in [1.807, 2.05) is 0 Å². The predicted molar refractivity (Wildman–Crippen MR) is 64.7 cm³/mol.